The molecule has 1 aromatic rings. The Morgan fingerprint density at radius 2 is 2.24 bits per heavy atom. The van der Waals surface area contributed by atoms with Crippen molar-refractivity contribution in [3.8, 4) is 0 Å². The van der Waals surface area contributed by atoms with E-state index in [9.17, 15) is 0 Å². The van der Waals surface area contributed by atoms with E-state index in [-0.39, 0.29) is 6.61 Å². The van der Waals surface area contributed by atoms with Gasteiger partial charge in [0.05, 0.1) is 6.54 Å². The molecule has 2 heterocycles. The fourth-order valence-electron chi connectivity index (χ4n) is 2.33. The average molecular weight is 238 g/mol. The highest BCUT2D eigenvalue weighted by Gasteiger charge is 2.17. The first-order valence-corrected chi connectivity index (χ1v) is 6.59. The third-order valence-electron chi connectivity index (χ3n) is 3.38. The van der Waals surface area contributed by atoms with Gasteiger partial charge in [0, 0.05) is 26.1 Å². The molecule has 5 heteroatoms. The van der Waals surface area contributed by atoms with Gasteiger partial charge in [-0.05, 0) is 25.8 Å². The predicted molar refractivity (Wildman–Crippen MR) is 65.6 cm³/mol. The fourth-order valence-corrected chi connectivity index (χ4v) is 2.33. The lowest BCUT2D eigenvalue weighted by molar-refractivity contribution is 0.219. The molecule has 2 rings (SSSR count). The molecule has 0 bridgehead atoms. The molecule has 0 aliphatic carbocycles. The number of hydrogen-bond acceptors (Lipinski definition) is 4. The number of nitrogens with zero attached hydrogens (tertiary/aromatic N) is 4. The maximum atomic E-state index is 8.87. The summed E-state index contributed by atoms with van der Waals surface area (Å²) in [6, 6.07) is 0. The van der Waals surface area contributed by atoms with Gasteiger partial charge in [0.25, 0.3) is 0 Å². The Kier molecular flexibility index (Phi) is 4.50. The summed E-state index contributed by atoms with van der Waals surface area (Å²) in [4.78, 5) is 2.31. The van der Waals surface area contributed by atoms with Crippen LogP contribution >= 0.6 is 0 Å². The van der Waals surface area contributed by atoms with Crippen LogP contribution in [0.25, 0.3) is 0 Å². The molecule has 96 valence electrons. The number of aliphatic hydroxyl groups is 1. The summed E-state index contributed by atoms with van der Waals surface area (Å²) < 4.78 is 2.27. The van der Waals surface area contributed by atoms with Crippen LogP contribution in [0.3, 0.4) is 0 Å². The summed E-state index contributed by atoms with van der Waals surface area (Å²) >= 11 is 0. The number of rotatable bonds is 6. The molecular weight excluding hydrogens is 216 g/mol. The lowest BCUT2D eigenvalue weighted by Crippen LogP contribution is -2.27. The number of fused-ring (bicyclic) bond motifs is 1. The van der Waals surface area contributed by atoms with Crippen molar-refractivity contribution in [2.45, 2.75) is 45.7 Å². The van der Waals surface area contributed by atoms with E-state index in [0.29, 0.717) is 0 Å². The zero-order chi connectivity index (χ0) is 12.1. The third kappa shape index (κ3) is 3.04. The zero-order valence-electron chi connectivity index (χ0n) is 10.6. The van der Waals surface area contributed by atoms with Gasteiger partial charge in [-0.3, -0.25) is 4.90 Å². The summed E-state index contributed by atoms with van der Waals surface area (Å²) in [5.74, 6) is 2.23. The third-order valence-corrected chi connectivity index (χ3v) is 3.38. The Morgan fingerprint density at radius 3 is 3.00 bits per heavy atom. The van der Waals surface area contributed by atoms with E-state index in [1.165, 1.54) is 12.8 Å². The van der Waals surface area contributed by atoms with Crippen molar-refractivity contribution >= 4 is 0 Å². The first-order valence-electron chi connectivity index (χ1n) is 6.59. The summed E-state index contributed by atoms with van der Waals surface area (Å²) in [5, 5.41) is 17.4. The minimum atomic E-state index is 0.258. The topological polar surface area (TPSA) is 54.2 Å². The van der Waals surface area contributed by atoms with Gasteiger partial charge in [-0.15, -0.1) is 10.2 Å². The zero-order valence-corrected chi connectivity index (χ0v) is 10.6. The molecular formula is C12H22N4O. The van der Waals surface area contributed by atoms with Crippen LogP contribution in [0, 0.1) is 0 Å². The van der Waals surface area contributed by atoms with Gasteiger partial charge in [-0.2, -0.15) is 0 Å². The largest absolute Gasteiger partial charge is 0.396 e. The van der Waals surface area contributed by atoms with Crippen LogP contribution in [0.15, 0.2) is 0 Å². The van der Waals surface area contributed by atoms with Gasteiger partial charge in [0.15, 0.2) is 0 Å². The Morgan fingerprint density at radius 1 is 1.35 bits per heavy atom. The second-order valence-corrected chi connectivity index (χ2v) is 4.59. The molecule has 5 nitrogen and oxygen atoms in total. The lowest BCUT2D eigenvalue weighted by atomic mass is 10.1. The number of aryl methyl sites for hydroxylation is 1. The van der Waals surface area contributed by atoms with Crippen LogP contribution in [0.1, 0.15) is 37.8 Å². The van der Waals surface area contributed by atoms with Crippen molar-refractivity contribution in [2.24, 2.45) is 0 Å². The fraction of sp³-hybridized carbons (Fsp3) is 0.833. The van der Waals surface area contributed by atoms with E-state index in [0.717, 1.165) is 50.7 Å². The molecule has 1 aliphatic rings. The normalized spacial score (nSPS) is 15.2. The molecule has 0 aromatic carbocycles. The molecule has 0 amide bonds. The van der Waals surface area contributed by atoms with E-state index in [2.05, 4.69) is 26.6 Å². The molecule has 0 fully saturated rings. The first kappa shape index (κ1) is 12.5. The minimum absolute atomic E-state index is 0.258. The minimum Gasteiger partial charge on any atom is -0.396 e. The molecule has 0 atom stereocenters. The van der Waals surface area contributed by atoms with Gasteiger partial charge in [-0.25, -0.2) is 0 Å². The van der Waals surface area contributed by atoms with Crippen molar-refractivity contribution in [3.63, 3.8) is 0 Å². The highest BCUT2D eigenvalue weighted by atomic mass is 16.3. The lowest BCUT2D eigenvalue weighted by Gasteiger charge is -2.21. The molecule has 1 N–H and O–H groups in total. The summed E-state index contributed by atoms with van der Waals surface area (Å²) in [6.45, 7) is 6.23. The highest BCUT2D eigenvalue weighted by molar-refractivity contribution is 4.98. The van der Waals surface area contributed by atoms with Gasteiger partial charge >= 0.3 is 0 Å². The summed E-state index contributed by atoms with van der Waals surface area (Å²) in [7, 11) is 0. The van der Waals surface area contributed by atoms with E-state index < -0.39 is 0 Å². The van der Waals surface area contributed by atoms with E-state index in [1.807, 2.05) is 0 Å². The van der Waals surface area contributed by atoms with Crippen LogP contribution in [0.2, 0.25) is 0 Å². The van der Waals surface area contributed by atoms with E-state index in [4.69, 9.17) is 5.11 Å². The summed E-state index contributed by atoms with van der Waals surface area (Å²) in [5.41, 5.74) is 0. The maximum Gasteiger partial charge on any atom is 0.147 e. The molecule has 17 heavy (non-hydrogen) atoms. The number of aliphatic hydroxyl groups excluding tert-OH is 1. The molecule has 0 spiro atoms. The van der Waals surface area contributed by atoms with Crippen molar-refractivity contribution in [3.05, 3.63) is 11.6 Å². The SMILES string of the molecule is CCN(CCCO)Cc1nnc2n1CCCC2. The predicted octanol–water partition coefficient (Wildman–Crippen LogP) is 0.819. The smallest absolute Gasteiger partial charge is 0.147 e. The average Bonchev–Trinajstić information content (AvgIpc) is 2.78. The van der Waals surface area contributed by atoms with Gasteiger partial charge < -0.3 is 9.67 Å². The van der Waals surface area contributed by atoms with Crippen LogP contribution in [0.4, 0.5) is 0 Å². The second kappa shape index (κ2) is 6.12. The van der Waals surface area contributed by atoms with Crippen molar-refractivity contribution in [1.29, 1.82) is 0 Å². The molecule has 0 radical (unpaired) electrons. The van der Waals surface area contributed by atoms with Gasteiger partial charge in [0.2, 0.25) is 0 Å². The van der Waals surface area contributed by atoms with E-state index >= 15 is 0 Å². The monoisotopic (exact) mass is 238 g/mol. The van der Waals surface area contributed by atoms with Crippen LogP contribution in [-0.4, -0.2) is 44.5 Å². The molecule has 0 saturated heterocycles. The van der Waals surface area contributed by atoms with Crippen LogP contribution in [-0.2, 0) is 19.5 Å². The van der Waals surface area contributed by atoms with Crippen molar-refractivity contribution in [1.82, 2.24) is 19.7 Å². The first-order chi connectivity index (χ1) is 8.35. The van der Waals surface area contributed by atoms with Crippen LogP contribution in [0.5, 0.6) is 0 Å². The van der Waals surface area contributed by atoms with Crippen LogP contribution < -0.4 is 0 Å². The van der Waals surface area contributed by atoms with Gasteiger partial charge in [-0.1, -0.05) is 6.92 Å². The Bertz CT molecular complexity index is 350. The summed E-state index contributed by atoms with van der Waals surface area (Å²) in [6.07, 6.45) is 4.37. The molecule has 1 aliphatic heterocycles. The highest BCUT2D eigenvalue weighted by Crippen LogP contribution is 2.15. The molecule has 0 unspecified atom stereocenters. The van der Waals surface area contributed by atoms with Gasteiger partial charge in [0.1, 0.15) is 11.6 Å². The van der Waals surface area contributed by atoms with Crippen molar-refractivity contribution in [2.75, 3.05) is 19.7 Å². The second-order valence-electron chi connectivity index (χ2n) is 4.59. The standard InChI is InChI=1S/C12H22N4O/c1-2-15(7-5-9-17)10-12-14-13-11-6-3-4-8-16(11)12/h17H,2-10H2,1H3. The molecule has 1 aromatic heterocycles. The Balaban J connectivity index is 1.99. The quantitative estimate of drug-likeness (QED) is 0.797. The number of hydrogen-bond donors (Lipinski definition) is 1. The molecule has 0 saturated carbocycles. The maximum absolute atomic E-state index is 8.87. The van der Waals surface area contributed by atoms with Crippen molar-refractivity contribution < 1.29 is 5.11 Å². The Hall–Kier alpha value is -0.940. The van der Waals surface area contributed by atoms with E-state index in [1.54, 1.807) is 0 Å². The Labute approximate surface area is 102 Å². The number of aromatic nitrogens is 3.